The molecule has 3 aromatic heterocycles. The van der Waals surface area contributed by atoms with E-state index in [9.17, 15) is 0 Å². The molecule has 0 radical (unpaired) electrons. The highest BCUT2D eigenvalue weighted by atomic mass is 15.0. The number of allylic oxidation sites excluding steroid dienone is 3. The van der Waals surface area contributed by atoms with Gasteiger partial charge in [0.1, 0.15) is 5.69 Å². The lowest BCUT2D eigenvalue weighted by Crippen LogP contribution is -2.26. The molecule has 0 unspecified atom stereocenters. The number of rotatable bonds is 6. The third-order valence-corrected chi connectivity index (χ3v) is 9.67. The highest BCUT2D eigenvalue weighted by Gasteiger charge is 2.19. The van der Waals surface area contributed by atoms with Gasteiger partial charge in [-0.25, -0.2) is 24.9 Å². The second-order valence-corrected chi connectivity index (χ2v) is 12.8. The molecule has 8 aromatic rings. The van der Waals surface area contributed by atoms with E-state index in [1.807, 2.05) is 49.4 Å². The van der Waals surface area contributed by atoms with Crippen LogP contribution in [0.3, 0.4) is 0 Å². The lowest BCUT2D eigenvalue weighted by atomic mass is 9.96. The molecule has 5 heteroatoms. The van der Waals surface area contributed by atoms with Crippen LogP contribution < -0.4 is 10.4 Å². The van der Waals surface area contributed by atoms with Gasteiger partial charge in [0.25, 0.3) is 0 Å². The Hall–Kier alpha value is -6.85. The van der Waals surface area contributed by atoms with Gasteiger partial charge in [-0.1, -0.05) is 146 Å². The van der Waals surface area contributed by atoms with Crippen LogP contribution in [-0.4, -0.2) is 24.9 Å². The second kappa shape index (κ2) is 13.1. The Morgan fingerprint density at radius 1 is 0.615 bits per heavy atom. The summed E-state index contributed by atoms with van der Waals surface area (Å²) >= 11 is 0. The van der Waals surface area contributed by atoms with Crippen LogP contribution in [0.25, 0.3) is 90.5 Å². The molecular formula is C47H33N5. The van der Waals surface area contributed by atoms with Crippen molar-refractivity contribution in [1.82, 2.24) is 24.9 Å². The fraction of sp³-hybridized carbons (Fsp3) is 0.0426. The molecule has 0 atom stereocenters. The zero-order chi connectivity index (χ0) is 35.0. The molecule has 3 heterocycles. The maximum absolute atomic E-state index is 5.25. The molecule has 0 bridgehead atoms. The van der Waals surface area contributed by atoms with E-state index in [-0.39, 0.29) is 0 Å². The van der Waals surface area contributed by atoms with Crippen molar-refractivity contribution >= 4 is 56.2 Å². The Morgan fingerprint density at radius 2 is 1.38 bits per heavy atom. The predicted octanol–water partition coefficient (Wildman–Crippen LogP) is 9.74. The molecular weight excluding hydrogens is 635 g/mol. The molecule has 0 spiro atoms. The summed E-state index contributed by atoms with van der Waals surface area (Å²) in [6.45, 7) is 6.09. The number of hydrogen-bond donors (Lipinski definition) is 0. The van der Waals surface area contributed by atoms with E-state index < -0.39 is 0 Å². The predicted molar refractivity (Wildman–Crippen MR) is 215 cm³/mol. The Bertz CT molecular complexity index is 2900. The maximum atomic E-state index is 5.25. The summed E-state index contributed by atoms with van der Waals surface area (Å²) in [5.41, 5.74) is 7.07. The van der Waals surface area contributed by atoms with Crippen molar-refractivity contribution in [3.8, 4) is 34.3 Å². The normalized spacial score (nSPS) is 12.7. The molecule has 0 saturated carbocycles. The molecule has 9 rings (SSSR count). The van der Waals surface area contributed by atoms with Gasteiger partial charge in [-0.05, 0) is 63.9 Å². The number of para-hydroxylation sites is 1. The van der Waals surface area contributed by atoms with E-state index in [0.717, 1.165) is 60.4 Å². The zero-order valence-corrected chi connectivity index (χ0v) is 28.7. The molecule has 52 heavy (non-hydrogen) atoms. The minimum atomic E-state index is 0.495. The van der Waals surface area contributed by atoms with E-state index in [4.69, 9.17) is 24.9 Å². The highest BCUT2D eigenvalue weighted by molar-refractivity contribution is 6.22. The van der Waals surface area contributed by atoms with Crippen LogP contribution >= 0.6 is 0 Å². The van der Waals surface area contributed by atoms with E-state index >= 15 is 0 Å². The molecule has 0 fully saturated rings. The van der Waals surface area contributed by atoms with Crippen molar-refractivity contribution < 1.29 is 0 Å². The van der Waals surface area contributed by atoms with Gasteiger partial charge in [-0.15, -0.1) is 0 Å². The molecule has 0 amide bonds. The van der Waals surface area contributed by atoms with Crippen LogP contribution in [0.4, 0.5) is 0 Å². The minimum Gasteiger partial charge on any atom is -0.245 e. The monoisotopic (exact) mass is 667 g/mol. The Morgan fingerprint density at radius 3 is 2.29 bits per heavy atom. The lowest BCUT2D eigenvalue weighted by Gasteiger charge is -2.14. The van der Waals surface area contributed by atoms with Crippen LogP contribution in [0.1, 0.15) is 30.3 Å². The van der Waals surface area contributed by atoms with E-state index in [0.29, 0.717) is 29.6 Å². The van der Waals surface area contributed by atoms with Crippen molar-refractivity contribution in [3.05, 3.63) is 174 Å². The van der Waals surface area contributed by atoms with Crippen molar-refractivity contribution in [2.24, 2.45) is 0 Å². The van der Waals surface area contributed by atoms with Crippen LogP contribution in [0.15, 0.2) is 146 Å². The SMILES string of the molecule is C=Cc1cccc(-c2nc(C3=c4ccccc4=CC=CC3)nc(-c3cccc(-c4nc5ccccc5c5c4ccc4ccccc45)n3)n2)c1/C=C\C. The Kier molecular flexibility index (Phi) is 7.86. The Balaban J connectivity index is 1.30. The highest BCUT2D eigenvalue weighted by Crippen LogP contribution is 2.37. The van der Waals surface area contributed by atoms with Gasteiger partial charge < -0.3 is 0 Å². The van der Waals surface area contributed by atoms with Gasteiger partial charge >= 0.3 is 0 Å². The van der Waals surface area contributed by atoms with Gasteiger partial charge in [-0.3, -0.25) is 0 Å². The first kappa shape index (κ1) is 31.2. The van der Waals surface area contributed by atoms with Crippen molar-refractivity contribution in [3.63, 3.8) is 0 Å². The molecule has 0 N–H and O–H groups in total. The smallest absolute Gasteiger partial charge is 0.182 e. The van der Waals surface area contributed by atoms with Gasteiger partial charge in [0.15, 0.2) is 17.5 Å². The molecule has 0 aliphatic heterocycles. The van der Waals surface area contributed by atoms with Crippen molar-refractivity contribution in [2.45, 2.75) is 13.3 Å². The summed E-state index contributed by atoms with van der Waals surface area (Å²) in [7, 11) is 0. The van der Waals surface area contributed by atoms with Crippen LogP contribution in [-0.2, 0) is 0 Å². The zero-order valence-electron chi connectivity index (χ0n) is 28.7. The van der Waals surface area contributed by atoms with Crippen LogP contribution in [0, 0.1) is 0 Å². The van der Waals surface area contributed by atoms with Gasteiger partial charge in [-0.2, -0.15) is 0 Å². The third-order valence-electron chi connectivity index (χ3n) is 9.67. The minimum absolute atomic E-state index is 0.495. The fourth-order valence-corrected chi connectivity index (χ4v) is 7.26. The topological polar surface area (TPSA) is 64.5 Å². The van der Waals surface area contributed by atoms with Crippen LogP contribution in [0.2, 0.25) is 0 Å². The van der Waals surface area contributed by atoms with Crippen molar-refractivity contribution in [1.29, 1.82) is 0 Å². The molecule has 1 aliphatic rings. The first-order chi connectivity index (χ1) is 25.7. The standard InChI is InChI=1S/C47H33N5/c1-3-15-33-30(4-2)19-13-24-37(33)46-50-45(36-22-10-7-17-31-16-5-8-20-34(31)36)51-47(52-46)42-27-14-26-41(48-42)44-39-29-28-32-18-6-9-21-35(32)43(39)38-23-11-12-25-40(38)49-44/h3-21,23-29H,2,22H2,1H3/b15-3-. The number of hydrogen-bond acceptors (Lipinski definition) is 5. The number of nitrogens with zero attached hydrogens (tertiary/aromatic N) is 5. The second-order valence-electron chi connectivity index (χ2n) is 12.8. The molecule has 1 aliphatic carbocycles. The first-order valence-corrected chi connectivity index (χ1v) is 17.5. The van der Waals surface area contributed by atoms with E-state index in [1.165, 1.54) is 16.2 Å². The lowest BCUT2D eigenvalue weighted by molar-refractivity contribution is 1.01. The van der Waals surface area contributed by atoms with E-state index in [1.54, 1.807) is 0 Å². The largest absolute Gasteiger partial charge is 0.245 e. The molecule has 5 aromatic carbocycles. The summed E-state index contributed by atoms with van der Waals surface area (Å²) in [6, 6.07) is 41.7. The number of fused-ring (bicyclic) bond motifs is 6. The first-order valence-electron chi connectivity index (χ1n) is 17.5. The maximum Gasteiger partial charge on any atom is 0.182 e. The quantitative estimate of drug-likeness (QED) is 0.165. The molecule has 5 nitrogen and oxygen atoms in total. The van der Waals surface area contributed by atoms with Gasteiger partial charge in [0.2, 0.25) is 0 Å². The fourth-order valence-electron chi connectivity index (χ4n) is 7.26. The summed E-state index contributed by atoms with van der Waals surface area (Å²) in [4.78, 5) is 26.0. The third kappa shape index (κ3) is 5.40. The molecule has 0 saturated heterocycles. The van der Waals surface area contributed by atoms with Gasteiger partial charge in [0, 0.05) is 27.3 Å². The van der Waals surface area contributed by atoms with Crippen LogP contribution in [0.5, 0.6) is 0 Å². The average molecular weight is 668 g/mol. The van der Waals surface area contributed by atoms with Crippen molar-refractivity contribution in [2.75, 3.05) is 0 Å². The number of benzene rings is 5. The summed E-state index contributed by atoms with van der Waals surface area (Å²) < 4.78 is 0. The van der Waals surface area contributed by atoms with E-state index in [2.05, 4.69) is 122 Å². The average Bonchev–Trinajstić information content (AvgIpc) is 3.43. The summed E-state index contributed by atoms with van der Waals surface area (Å²) in [5.74, 6) is 1.69. The summed E-state index contributed by atoms with van der Waals surface area (Å²) in [6.07, 6.45) is 13.1. The number of aromatic nitrogens is 5. The summed E-state index contributed by atoms with van der Waals surface area (Å²) in [5, 5.41) is 7.93. The molecule has 246 valence electrons. The number of pyridine rings is 2. The Labute approximate surface area is 301 Å². The van der Waals surface area contributed by atoms with Gasteiger partial charge in [0.05, 0.1) is 16.9 Å².